The van der Waals surface area contributed by atoms with Crippen molar-refractivity contribution in [3.05, 3.63) is 23.8 Å². The van der Waals surface area contributed by atoms with E-state index in [1.807, 2.05) is 18.2 Å². The van der Waals surface area contributed by atoms with E-state index in [0.29, 0.717) is 30.9 Å². The van der Waals surface area contributed by atoms with Crippen LogP contribution in [0.25, 0.3) is 0 Å². The highest BCUT2D eigenvalue weighted by molar-refractivity contribution is 5.84. The van der Waals surface area contributed by atoms with Gasteiger partial charge < -0.3 is 20.1 Å². The molecule has 0 heterocycles. The molecule has 4 aliphatic rings. The van der Waals surface area contributed by atoms with Gasteiger partial charge in [-0.1, -0.05) is 6.07 Å². The van der Waals surface area contributed by atoms with Crippen LogP contribution in [0, 0.1) is 23.2 Å². The molecule has 6 nitrogen and oxygen atoms in total. The highest BCUT2D eigenvalue weighted by Crippen LogP contribution is 2.61. The molecule has 1 aromatic rings. The summed E-state index contributed by atoms with van der Waals surface area (Å²) in [5.74, 6) is 3.77. The van der Waals surface area contributed by atoms with E-state index in [-0.39, 0.29) is 23.8 Å². The molecule has 4 aliphatic carbocycles. The molecule has 1 aromatic carbocycles. The van der Waals surface area contributed by atoms with Crippen LogP contribution in [0.2, 0.25) is 0 Å². The van der Waals surface area contributed by atoms with Crippen LogP contribution in [0.1, 0.15) is 50.5 Å². The predicted molar refractivity (Wildman–Crippen MR) is 114 cm³/mol. The molecule has 30 heavy (non-hydrogen) atoms. The van der Waals surface area contributed by atoms with E-state index in [1.54, 1.807) is 14.2 Å². The van der Waals surface area contributed by atoms with E-state index in [9.17, 15) is 9.59 Å². The largest absolute Gasteiger partial charge is 0.493 e. The summed E-state index contributed by atoms with van der Waals surface area (Å²) in [6, 6.07) is 5.74. The molecule has 0 spiro atoms. The van der Waals surface area contributed by atoms with Crippen LogP contribution in [-0.4, -0.2) is 39.1 Å². The lowest BCUT2D eigenvalue weighted by molar-refractivity contribution is -0.131. The first-order valence-electron chi connectivity index (χ1n) is 11.2. The highest BCUT2D eigenvalue weighted by Gasteiger charge is 2.51. The Balaban J connectivity index is 1.18. The topological polar surface area (TPSA) is 76.7 Å². The fourth-order valence-corrected chi connectivity index (χ4v) is 6.53. The van der Waals surface area contributed by atoms with Crippen molar-refractivity contribution in [2.45, 2.75) is 51.4 Å². The summed E-state index contributed by atoms with van der Waals surface area (Å²) >= 11 is 0. The Morgan fingerprint density at radius 2 is 1.57 bits per heavy atom. The maximum absolute atomic E-state index is 12.5. The molecule has 164 valence electrons. The predicted octanol–water partition coefficient (Wildman–Crippen LogP) is 3.09. The Kier molecular flexibility index (Phi) is 6.21. The van der Waals surface area contributed by atoms with Gasteiger partial charge in [-0.15, -0.1) is 0 Å². The number of carbonyl (C=O) groups excluding carboxylic acids is 2. The van der Waals surface area contributed by atoms with Gasteiger partial charge >= 0.3 is 0 Å². The van der Waals surface area contributed by atoms with E-state index in [0.717, 1.165) is 23.3 Å². The molecule has 0 unspecified atom stereocenters. The number of hydrogen-bond acceptors (Lipinski definition) is 4. The Morgan fingerprint density at radius 1 is 0.933 bits per heavy atom. The van der Waals surface area contributed by atoms with Crippen LogP contribution < -0.4 is 20.1 Å². The number of carbonyl (C=O) groups is 2. The van der Waals surface area contributed by atoms with Gasteiger partial charge in [0.25, 0.3) is 0 Å². The third-order valence-electron chi connectivity index (χ3n) is 7.33. The first-order valence-corrected chi connectivity index (χ1v) is 11.2. The van der Waals surface area contributed by atoms with Gasteiger partial charge in [0.05, 0.1) is 20.8 Å². The Morgan fingerprint density at radius 3 is 2.17 bits per heavy atom. The van der Waals surface area contributed by atoms with E-state index in [1.165, 1.54) is 38.5 Å². The molecule has 4 bridgehead atoms. The Bertz CT molecular complexity index is 756. The molecule has 0 aliphatic heterocycles. The maximum atomic E-state index is 12.5. The molecule has 2 amide bonds. The number of hydrogen-bond donors (Lipinski definition) is 2. The third-order valence-corrected chi connectivity index (χ3v) is 7.33. The molecule has 4 fully saturated rings. The summed E-state index contributed by atoms with van der Waals surface area (Å²) in [6.45, 7) is 0.566. The van der Waals surface area contributed by atoms with Crippen molar-refractivity contribution in [2.24, 2.45) is 23.2 Å². The quantitative estimate of drug-likeness (QED) is 0.651. The average molecular weight is 415 g/mol. The normalized spacial score (nSPS) is 28.8. The smallest absolute Gasteiger partial charge is 0.239 e. The van der Waals surface area contributed by atoms with Gasteiger partial charge in [-0.25, -0.2) is 0 Å². The number of methoxy groups -OCH3 is 2. The summed E-state index contributed by atoms with van der Waals surface area (Å²) in [6.07, 6.45) is 9.05. The van der Waals surface area contributed by atoms with E-state index >= 15 is 0 Å². The molecular formula is C24H34N2O4. The lowest BCUT2D eigenvalue weighted by Crippen LogP contribution is -2.48. The van der Waals surface area contributed by atoms with Gasteiger partial charge in [0.1, 0.15) is 0 Å². The summed E-state index contributed by atoms with van der Waals surface area (Å²) in [5, 5.41) is 5.74. The van der Waals surface area contributed by atoms with E-state index < -0.39 is 0 Å². The van der Waals surface area contributed by atoms with Crippen molar-refractivity contribution in [1.29, 1.82) is 0 Å². The zero-order chi connectivity index (χ0) is 21.1. The Labute approximate surface area is 179 Å². The van der Waals surface area contributed by atoms with Gasteiger partial charge in [-0.3, -0.25) is 9.59 Å². The van der Waals surface area contributed by atoms with Gasteiger partial charge in [-0.05, 0) is 85.8 Å². The Hall–Kier alpha value is -2.24. The summed E-state index contributed by atoms with van der Waals surface area (Å²) in [7, 11) is 3.21. The minimum absolute atomic E-state index is 0.0343. The van der Waals surface area contributed by atoms with Crippen LogP contribution in [0.15, 0.2) is 18.2 Å². The minimum atomic E-state index is -0.144. The molecule has 4 saturated carbocycles. The van der Waals surface area contributed by atoms with Crippen molar-refractivity contribution in [1.82, 2.24) is 10.6 Å². The van der Waals surface area contributed by atoms with Gasteiger partial charge in [0.2, 0.25) is 11.8 Å². The van der Waals surface area contributed by atoms with E-state index in [4.69, 9.17) is 9.47 Å². The second-order valence-corrected chi connectivity index (χ2v) is 9.66. The zero-order valence-electron chi connectivity index (χ0n) is 18.2. The molecule has 6 heteroatoms. The van der Waals surface area contributed by atoms with Crippen LogP contribution >= 0.6 is 0 Å². The monoisotopic (exact) mass is 414 g/mol. The number of nitrogens with one attached hydrogen (secondary N) is 2. The molecule has 2 N–H and O–H groups in total. The van der Waals surface area contributed by atoms with Crippen LogP contribution in [0.3, 0.4) is 0 Å². The van der Waals surface area contributed by atoms with Crippen molar-refractivity contribution >= 4 is 11.8 Å². The fraction of sp³-hybridized carbons (Fsp3) is 0.667. The lowest BCUT2D eigenvalue weighted by Gasteiger charge is -2.56. The van der Waals surface area contributed by atoms with Crippen molar-refractivity contribution < 1.29 is 19.1 Å². The molecule has 0 atom stereocenters. The highest BCUT2D eigenvalue weighted by atomic mass is 16.5. The zero-order valence-corrected chi connectivity index (χ0v) is 18.2. The van der Waals surface area contributed by atoms with Crippen molar-refractivity contribution in [3.8, 4) is 11.5 Å². The fourth-order valence-electron chi connectivity index (χ4n) is 6.53. The second-order valence-electron chi connectivity index (χ2n) is 9.66. The first-order chi connectivity index (χ1) is 14.5. The molecule has 5 rings (SSSR count). The summed E-state index contributed by atoms with van der Waals surface area (Å²) in [4.78, 5) is 24.7. The minimum Gasteiger partial charge on any atom is -0.493 e. The number of amides is 2. The third kappa shape index (κ3) is 4.73. The number of rotatable bonds is 9. The maximum Gasteiger partial charge on any atom is 0.239 e. The standard InChI is InChI=1S/C24H34N2O4/c1-29-20-4-3-16(10-21(20)30-2)5-6-25-23(28)15-26-22(27)14-24-11-17-7-18(12-24)9-19(8-17)13-24/h3-4,10,17-19H,5-9,11-15H2,1-2H3,(H,25,28)(H,26,27). The van der Waals surface area contributed by atoms with Gasteiger partial charge in [-0.2, -0.15) is 0 Å². The number of benzene rings is 1. The molecule has 0 aromatic heterocycles. The van der Waals surface area contributed by atoms with Crippen LogP contribution in [0.5, 0.6) is 11.5 Å². The molecular weight excluding hydrogens is 380 g/mol. The van der Waals surface area contributed by atoms with E-state index in [2.05, 4.69) is 10.6 Å². The first kappa shape index (κ1) is 21.0. The lowest BCUT2D eigenvalue weighted by atomic mass is 9.49. The van der Waals surface area contributed by atoms with Gasteiger partial charge in [0, 0.05) is 13.0 Å². The SMILES string of the molecule is COc1ccc(CCNC(=O)CNC(=O)CC23CC4CC(CC(C4)C2)C3)cc1OC. The molecule has 0 radical (unpaired) electrons. The number of ether oxygens (including phenoxy) is 2. The second kappa shape index (κ2) is 8.86. The van der Waals surface area contributed by atoms with Gasteiger partial charge in [0.15, 0.2) is 11.5 Å². The van der Waals surface area contributed by atoms with Crippen LogP contribution in [-0.2, 0) is 16.0 Å². The average Bonchev–Trinajstić information content (AvgIpc) is 2.70. The van der Waals surface area contributed by atoms with Crippen molar-refractivity contribution in [2.75, 3.05) is 27.3 Å². The summed E-state index contributed by atoms with van der Waals surface area (Å²) < 4.78 is 10.5. The van der Waals surface area contributed by atoms with Crippen molar-refractivity contribution in [3.63, 3.8) is 0 Å². The van der Waals surface area contributed by atoms with Crippen LogP contribution in [0.4, 0.5) is 0 Å². The summed E-state index contributed by atoms with van der Waals surface area (Å²) in [5.41, 5.74) is 1.27. The molecule has 0 saturated heterocycles.